The van der Waals surface area contributed by atoms with Crippen molar-refractivity contribution < 1.29 is 9.59 Å². The Labute approximate surface area is 145 Å². The molecule has 3 rings (SSSR count). The highest BCUT2D eigenvalue weighted by molar-refractivity contribution is 5.96. The van der Waals surface area contributed by atoms with Gasteiger partial charge in [0.15, 0.2) is 5.65 Å². The first-order chi connectivity index (χ1) is 12.0. The Morgan fingerprint density at radius 1 is 0.960 bits per heavy atom. The fraction of sp³-hybridized carbons (Fsp3) is 0.222. The average Bonchev–Trinajstić information content (AvgIpc) is 2.99. The van der Waals surface area contributed by atoms with E-state index < -0.39 is 0 Å². The lowest BCUT2D eigenvalue weighted by Crippen LogP contribution is -2.18. The summed E-state index contributed by atoms with van der Waals surface area (Å²) in [6, 6.07) is 11.2. The molecule has 3 aromatic rings. The Bertz CT molecular complexity index is 932. The number of anilines is 2. The van der Waals surface area contributed by atoms with Gasteiger partial charge in [-0.15, -0.1) is 10.2 Å². The van der Waals surface area contributed by atoms with E-state index in [1.165, 1.54) is 0 Å². The normalized spacial score (nSPS) is 10.6. The highest BCUT2D eigenvalue weighted by atomic mass is 16.2. The number of benzene rings is 1. The Kier molecular flexibility index (Phi) is 4.74. The summed E-state index contributed by atoms with van der Waals surface area (Å²) >= 11 is 0. The lowest BCUT2D eigenvalue weighted by molar-refractivity contribution is -0.121. The van der Waals surface area contributed by atoms with E-state index in [9.17, 15) is 9.59 Å². The molecule has 0 aliphatic heterocycles. The van der Waals surface area contributed by atoms with Crippen molar-refractivity contribution in [1.29, 1.82) is 0 Å². The third-order valence-electron chi connectivity index (χ3n) is 3.93. The van der Waals surface area contributed by atoms with Gasteiger partial charge in [-0.3, -0.25) is 19.3 Å². The van der Waals surface area contributed by atoms with Gasteiger partial charge in [0.1, 0.15) is 0 Å². The van der Waals surface area contributed by atoms with Crippen LogP contribution in [-0.2, 0) is 9.59 Å². The van der Waals surface area contributed by atoms with Crippen molar-refractivity contribution in [2.45, 2.75) is 26.7 Å². The number of hydrogen-bond acceptors (Lipinski definition) is 4. The van der Waals surface area contributed by atoms with E-state index in [-0.39, 0.29) is 24.7 Å². The second-order valence-corrected chi connectivity index (χ2v) is 5.85. The van der Waals surface area contributed by atoms with Crippen molar-refractivity contribution in [2.24, 2.45) is 0 Å². The molecular formula is C18H19N5O2. The van der Waals surface area contributed by atoms with Gasteiger partial charge in [0, 0.05) is 24.7 Å². The molecule has 2 aromatic heterocycles. The number of nitrogens with one attached hydrogen (secondary N) is 2. The van der Waals surface area contributed by atoms with Gasteiger partial charge in [0.2, 0.25) is 17.8 Å². The Morgan fingerprint density at radius 3 is 2.48 bits per heavy atom. The highest BCUT2D eigenvalue weighted by Crippen LogP contribution is 2.14. The number of pyridine rings is 1. The van der Waals surface area contributed by atoms with Crippen LogP contribution in [0.1, 0.15) is 24.0 Å². The number of fused-ring (bicyclic) bond motifs is 1. The van der Waals surface area contributed by atoms with Gasteiger partial charge >= 0.3 is 0 Å². The molecule has 25 heavy (non-hydrogen) atoms. The minimum atomic E-state index is -0.284. The van der Waals surface area contributed by atoms with Crippen LogP contribution in [-0.4, -0.2) is 26.4 Å². The second-order valence-electron chi connectivity index (χ2n) is 5.85. The van der Waals surface area contributed by atoms with Crippen LogP contribution in [0.15, 0.2) is 42.6 Å². The summed E-state index contributed by atoms with van der Waals surface area (Å²) in [4.78, 5) is 24.0. The molecule has 0 fully saturated rings. The molecule has 0 aliphatic carbocycles. The fourth-order valence-corrected chi connectivity index (χ4v) is 2.38. The van der Waals surface area contributed by atoms with Crippen molar-refractivity contribution in [3.8, 4) is 0 Å². The molecule has 1 aromatic carbocycles. The van der Waals surface area contributed by atoms with Crippen LogP contribution in [0.2, 0.25) is 0 Å². The number of carbonyl (C=O) groups excluding carboxylic acids is 2. The molecule has 128 valence electrons. The third-order valence-corrected chi connectivity index (χ3v) is 3.93. The molecule has 0 radical (unpaired) electrons. The van der Waals surface area contributed by atoms with E-state index in [0.29, 0.717) is 11.6 Å². The molecule has 0 unspecified atom stereocenters. The summed E-state index contributed by atoms with van der Waals surface area (Å²) in [6.45, 7) is 4.00. The molecule has 0 spiro atoms. The van der Waals surface area contributed by atoms with Crippen LogP contribution in [0.25, 0.3) is 5.65 Å². The molecule has 7 nitrogen and oxygen atoms in total. The van der Waals surface area contributed by atoms with Crippen molar-refractivity contribution in [3.63, 3.8) is 0 Å². The minimum absolute atomic E-state index is 0.0679. The fourth-order valence-electron chi connectivity index (χ4n) is 2.38. The van der Waals surface area contributed by atoms with Crippen molar-refractivity contribution in [2.75, 3.05) is 10.6 Å². The van der Waals surface area contributed by atoms with Gasteiger partial charge in [-0.2, -0.15) is 0 Å². The van der Waals surface area contributed by atoms with Gasteiger partial charge < -0.3 is 5.32 Å². The maximum Gasteiger partial charge on any atom is 0.235 e. The SMILES string of the molecule is Cc1ccc(NC(=O)CCC(=O)Nc2nnc3ccccn23)cc1C. The quantitative estimate of drug-likeness (QED) is 0.749. The Hall–Kier alpha value is -3.22. The molecule has 0 aliphatic rings. The Morgan fingerprint density at radius 2 is 1.72 bits per heavy atom. The van der Waals surface area contributed by atoms with Gasteiger partial charge in [-0.05, 0) is 49.2 Å². The first kappa shape index (κ1) is 16.6. The molecule has 0 atom stereocenters. The Balaban J connectivity index is 1.53. The summed E-state index contributed by atoms with van der Waals surface area (Å²) in [6.07, 6.45) is 1.92. The second kappa shape index (κ2) is 7.12. The van der Waals surface area contributed by atoms with E-state index in [4.69, 9.17) is 0 Å². The number of nitrogens with zero attached hydrogens (tertiary/aromatic N) is 3. The highest BCUT2D eigenvalue weighted by Gasteiger charge is 2.11. The summed E-state index contributed by atoms with van der Waals surface area (Å²) in [5.41, 5.74) is 3.65. The van der Waals surface area contributed by atoms with Gasteiger partial charge in [-0.1, -0.05) is 12.1 Å². The molecule has 2 heterocycles. The molecule has 0 saturated carbocycles. The van der Waals surface area contributed by atoms with Crippen LogP contribution in [0.5, 0.6) is 0 Å². The molecule has 7 heteroatoms. The maximum absolute atomic E-state index is 12.0. The standard InChI is InChI=1S/C18H19N5O2/c1-12-6-7-14(11-13(12)2)19-16(24)8-9-17(25)20-18-22-21-15-5-3-4-10-23(15)18/h3-7,10-11H,8-9H2,1-2H3,(H,19,24)(H,20,22,25). The first-order valence-corrected chi connectivity index (χ1v) is 7.99. The van der Waals surface area contributed by atoms with Gasteiger partial charge in [-0.25, -0.2) is 0 Å². The number of carbonyl (C=O) groups is 2. The van der Waals surface area contributed by atoms with Crippen molar-refractivity contribution in [1.82, 2.24) is 14.6 Å². The number of amides is 2. The van der Waals surface area contributed by atoms with E-state index in [0.717, 1.165) is 16.8 Å². The minimum Gasteiger partial charge on any atom is -0.326 e. The molecule has 0 bridgehead atoms. The average molecular weight is 337 g/mol. The number of aromatic nitrogens is 3. The molecule has 0 saturated heterocycles. The van der Waals surface area contributed by atoms with E-state index in [2.05, 4.69) is 20.8 Å². The number of aryl methyl sites for hydroxylation is 2. The van der Waals surface area contributed by atoms with Crippen LogP contribution >= 0.6 is 0 Å². The number of rotatable bonds is 5. The van der Waals surface area contributed by atoms with E-state index in [1.807, 2.05) is 44.2 Å². The lowest BCUT2D eigenvalue weighted by Gasteiger charge is -2.08. The molecule has 2 N–H and O–H groups in total. The largest absolute Gasteiger partial charge is 0.326 e. The van der Waals surface area contributed by atoms with Crippen LogP contribution in [0, 0.1) is 13.8 Å². The van der Waals surface area contributed by atoms with Gasteiger partial charge in [0.25, 0.3) is 0 Å². The lowest BCUT2D eigenvalue weighted by atomic mass is 10.1. The smallest absolute Gasteiger partial charge is 0.235 e. The van der Waals surface area contributed by atoms with Crippen LogP contribution in [0.3, 0.4) is 0 Å². The zero-order valence-electron chi connectivity index (χ0n) is 14.1. The summed E-state index contributed by atoms with van der Waals surface area (Å²) in [7, 11) is 0. The van der Waals surface area contributed by atoms with E-state index in [1.54, 1.807) is 16.7 Å². The zero-order chi connectivity index (χ0) is 17.8. The predicted molar refractivity (Wildman–Crippen MR) is 95.4 cm³/mol. The monoisotopic (exact) mass is 337 g/mol. The van der Waals surface area contributed by atoms with Crippen molar-refractivity contribution >= 4 is 29.1 Å². The van der Waals surface area contributed by atoms with Crippen molar-refractivity contribution in [3.05, 3.63) is 53.7 Å². The topological polar surface area (TPSA) is 88.4 Å². The molecule has 2 amide bonds. The van der Waals surface area contributed by atoms with Gasteiger partial charge in [0.05, 0.1) is 0 Å². The first-order valence-electron chi connectivity index (χ1n) is 7.99. The zero-order valence-corrected chi connectivity index (χ0v) is 14.1. The van der Waals surface area contributed by atoms with Crippen LogP contribution in [0.4, 0.5) is 11.6 Å². The summed E-state index contributed by atoms with van der Waals surface area (Å²) in [5, 5.41) is 13.4. The maximum atomic E-state index is 12.0. The summed E-state index contributed by atoms with van der Waals surface area (Å²) < 4.78 is 1.67. The molecular weight excluding hydrogens is 318 g/mol. The summed E-state index contributed by atoms with van der Waals surface area (Å²) in [5.74, 6) is -0.145. The van der Waals surface area contributed by atoms with E-state index >= 15 is 0 Å². The van der Waals surface area contributed by atoms with Crippen LogP contribution < -0.4 is 10.6 Å². The predicted octanol–water partition coefficient (Wildman–Crippen LogP) is 2.70. The number of hydrogen-bond donors (Lipinski definition) is 2. The third kappa shape index (κ3) is 4.00.